The summed E-state index contributed by atoms with van der Waals surface area (Å²) in [6.45, 7) is 4.97. The molecule has 0 radical (unpaired) electrons. The van der Waals surface area contributed by atoms with E-state index in [4.69, 9.17) is 0 Å². The number of carbonyl (C=O) groups is 2. The van der Waals surface area contributed by atoms with E-state index in [9.17, 15) is 14.7 Å². The Bertz CT molecular complexity index is 750. The number of Topliss-reactive ketones (excluding diaryl/α,β-unsaturated/α-hetero) is 1. The maximum atomic E-state index is 12.3. The van der Waals surface area contributed by atoms with Crippen molar-refractivity contribution in [1.82, 2.24) is 4.90 Å². The number of aliphatic hydroxyl groups excluding tert-OH is 1. The van der Waals surface area contributed by atoms with Gasteiger partial charge in [-0.15, -0.1) is 0 Å². The fourth-order valence-electron chi connectivity index (χ4n) is 9.49. The van der Waals surface area contributed by atoms with Gasteiger partial charge in [0, 0.05) is 33.4 Å². The van der Waals surface area contributed by atoms with E-state index in [-0.39, 0.29) is 17.4 Å². The molecule has 4 aliphatic rings. The van der Waals surface area contributed by atoms with Crippen molar-refractivity contribution < 1.29 is 14.7 Å². The summed E-state index contributed by atoms with van der Waals surface area (Å²) in [5, 5.41) is 11.0. The lowest BCUT2D eigenvalue weighted by Gasteiger charge is -2.62. The Labute approximate surface area is 215 Å². The van der Waals surface area contributed by atoms with Gasteiger partial charge in [0.25, 0.3) is 0 Å². The summed E-state index contributed by atoms with van der Waals surface area (Å²) in [5.74, 6) is 4.27. The minimum Gasteiger partial charge on any atom is -0.393 e. The highest BCUT2D eigenvalue weighted by Crippen LogP contribution is 2.68. The van der Waals surface area contributed by atoms with Crippen LogP contribution < -0.4 is 0 Å². The molecule has 35 heavy (non-hydrogen) atoms. The van der Waals surface area contributed by atoms with Gasteiger partial charge in [0.15, 0.2) is 0 Å². The lowest BCUT2D eigenvalue weighted by atomic mass is 9.42. The van der Waals surface area contributed by atoms with Crippen LogP contribution in [-0.4, -0.2) is 41.9 Å². The molecule has 8 atom stereocenters. The van der Waals surface area contributed by atoms with Crippen molar-refractivity contribution in [2.75, 3.05) is 14.1 Å². The lowest BCUT2D eigenvalue weighted by molar-refractivity contribution is -0.159. The third-order valence-electron chi connectivity index (χ3n) is 11.5. The van der Waals surface area contributed by atoms with Crippen molar-refractivity contribution in [1.29, 1.82) is 0 Å². The van der Waals surface area contributed by atoms with Gasteiger partial charge in [-0.25, -0.2) is 0 Å². The molecule has 0 aromatic heterocycles. The van der Waals surface area contributed by atoms with Crippen molar-refractivity contribution in [2.45, 2.75) is 129 Å². The Morgan fingerprint density at radius 3 is 2.34 bits per heavy atom. The highest BCUT2D eigenvalue weighted by Gasteiger charge is 2.62. The molecule has 0 aromatic carbocycles. The molecule has 4 saturated carbocycles. The van der Waals surface area contributed by atoms with Crippen LogP contribution in [0.1, 0.15) is 123 Å². The average molecular weight is 488 g/mol. The molecule has 1 N–H and O–H groups in total. The van der Waals surface area contributed by atoms with Crippen LogP contribution in [-0.2, 0) is 9.59 Å². The Morgan fingerprint density at radius 1 is 0.943 bits per heavy atom. The van der Waals surface area contributed by atoms with Gasteiger partial charge in [0.2, 0.25) is 5.91 Å². The van der Waals surface area contributed by atoms with Crippen molar-refractivity contribution in [3.05, 3.63) is 0 Å². The Balaban J connectivity index is 1.31. The first-order chi connectivity index (χ1) is 16.7. The van der Waals surface area contributed by atoms with Crippen molar-refractivity contribution in [2.24, 2.45) is 40.4 Å². The standard InChI is InChI=1S/C31H53NO3/c1-30-19-18-24(33)20-23(30)14-15-25-26-16-17-27(34)31(26,2)21-22(29(25)30)12-10-8-6-5-7-9-11-13-28(35)32(3)4/h22-23,25-27,29,34H,5-21H2,1-4H3/t22-,23-,25-,26-,27-,29-,30-,31-/m0/s1. The molecule has 0 heterocycles. The molecular weight excluding hydrogens is 434 g/mol. The summed E-state index contributed by atoms with van der Waals surface area (Å²) in [6.07, 6.45) is 19.2. The second-order valence-corrected chi connectivity index (χ2v) is 13.7. The van der Waals surface area contributed by atoms with Gasteiger partial charge >= 0.3 is 0 Å². The van der Waals surface area contributed by atoms with E-state index >= 15 is 0 Å². The number of hydrogen-bond acceptors (Lipinski definition) is 3. The molecule has 4 heteroatoms. The zero-order valence-corrected chi connectivity index (χ0v) is 23.2. The van der Waals surface area contributed by atoms with Gasteiger partial charge in [-0.05, 0) is 85.4 Å². The average Bonchev–Trinajstić information content (AvgIpc) is 3.11. The zero-order valence-electron chi connectivity index (χ0n) is 23.2. The van der Waals surface area contributed by atoms with Crippen molar-refractivity contribution >= 4 is 11.7 Å². The lowest BCUT2D eigenvalue weighted by Crippen LogP contribution is -2.57. The number of amides is 1. The van der Waals surface area contributed by atoms with Crippen LogP contribution in [0.15, 0.2) is 0 Å². The molecule has 4 fully saturated rings. The number of unbranched alkanes of at least 4 members (excludes halogenated alkanes) is 6. The molecule has 0 saturated heterocycles. The van der Waals surface area contributed by atoms with Gasteiger partial charge in [-0.2, -0.15) is 0 Å². The van der Waals surface area contributed by atoms with Crippen molar-refractivity contribution in [3.63, 3.8) is 0 Å². The van der Waals surface area contributed by atoms with Gasteiger partial charge in [0.05, 0.1) is 6.10 Å². The predicted molar refractivity (Wildman–Crippen MR) is 142 cm³/mol. The normalized spacial score (nSPS) is 40.7. The fourth-order valence-corrected chi connectivity index (χ4v) is 9.49. The quantitative estimate of drug-likeness (QED) is 0.345. The zero-order chi connectivity index (χ0) is 25.2. The maximum absolute atomic E-state index is 12.3. The van der Waals surface area contributed by atoms with E-state index in [1.807, 2.05) is 14.1 Å². The summed E-state index contributed by atoms with van der Waals surface area (Å²) in [7, 11) is 3.68. The van der Waals surface area contributed by atoms with E-state index in [0.29, 0.717) is 35.4 Å². The molecule has 200 valence electrons. The molecule has 0 aliphatic heterocycles. The van der Waals surface area contributed by atoms with E-state index in [0.717, 1.165) is 43.9 Å². The van der Waals surface area contributed by atoms with E-state index in [1.54, 1.807) is 4.90 Å². The van der Waals surface area contributed by atoms with Gasteiger partial charge in [-0.1, -0.05) is 58.8 Å². The highest BCUT2D eigenvalue weighted by atomic mass is 16.3. The number of nitrogens with zero attached hydrogens (tertiary/aromatic N) is 1. The Hall–Kier alpha value is -0.900. The van der Waals surface area contributed by atoms with E-state index in [1.165, 1.54) is 70.6 Å². The third kappa shape index (κ3) is 5.53. The minimum absolute atomic E-state index is 0.115. The van der Waals surface area contributed by atoms with E-state index < -0.39 is 0 Å². The second-order valence-electron chi connectivity index (χ2n) is 13.7. The number of aliphatic hydroxyl groups is 1. The van der Waals surface area contributed by atoms with Crippen LogP contribution in [0, 0.1) is 40.4 Å². The molecule has 0 bridgehead atoms. The monoisotopic (exact) mass is 487 g/mol. The summed E-state index contributed by atoms with van der Waals surface area (Å²) in [6, 6.07) is 0. The molecule has 4 aliphatic carbocycles. The Morgan fingerprint density at radius 2 is 1.63 bits per heavy atom. The van der Waals surface area contributed by atoms with Gasteiger partial charge < -0.3 is 10.0 Å². The molecule has 0 spiro atoms. The largest absolute Gasteiger partial charge is 0.393 e. The third-order valence-corrected chi connectivity index (χ3v) is 11.5. The molecular formula is C31H53NO3. The molecule has 1 amide bonds. The molecule has 4 rings (SSSR count). The van der Waals surface area contributed by atoms with Crippen molar-refractivity contribution in [3.8, 4) is 0 Å². The van der Waals surface area contributed by atoms with Gasteiger partial charge in [0.1, 0.15) is 5.78 Å². The fraction of sp³-hybridized carbons (Fsp3) is 0.935. The predicted octanol–water partition coefficient (Wildman–Crippen LogP) is 6.78. The number of rotatable bonds is 10. The first-order valence-electron chi connectivity index (χ1n) is 15.1. The van der Waals surface area contributed by atoms with Crippen LogP contribution in [0.2, 0.25) is 0 Å². The summed E-state index contributed by atoms with van der Waals surface area (Å²) < 4.78 is 0. The summed E-state index contributed by atoms with van der Waals surface area (Å²) in [5.41, 5.74) is 0.448. The van der Waals surface area contributed by atoms with Crippen LogP contribution in [0.25, 0.3) is 0 Å². The van der Waals surface area contributed by atoms with Crippen LogP contribution in [0.4, 0.5) is 0 Å². The summed E-state index contributed by atoms with van der Waals surface area (Å²) in [4.78, 5) is 25.7. The van der Waals surface area contributed by atoms with Crippen LogP contribution in [0.3, 0.4) is 0 Å². The molecule has 4 nitrogen and oxygen atoms in total. The topological polar surface area (TPSA) is 57.6 Å². The number of hydrogen-bond donors (Lipinski definition) is 1. The molecule has 0 aromatic rings. The second kappa shape index (κ2) is 11.2. The van der Waals surface area contributed by atoms with E-state index in [2.05, 4.69) is 13.8 Å². The number of ketones is 1. The number of carbonyl (C=O) groups excluding carboxylic acids is 2. The van der Waals surface area contributed by atoms with Gasteiger partial charge in [-0.3, -0.25) is 9.59 Å². The highest BCUT2D eigenvalue weighted by molar-refractivity contribution is 5.79. The van der Waals surface area contributed by atoms with Crippen LogP contribution in [0.5, 0.6) is 0 Å². The first-order valence-corrected chi connectivity index (χ1v) is 15.1. The minimum atomic E-state index is -0.117. The van der Waals surface area contributed by atoms with Crippen LogP contribution >= 0.6 is 0 Å². The SMILES string of the molecule is CN(C)C(=O)CCCCCCCCC[C@H]1C[C@]2(C)[C@@H](O)CC[C@H]2[C@@H]2CC[C@H]3CC(=O)CC[C@]3(C)[C@@H]12. The molecule has 0 unspecified atom stereocenters. The smallest absolute Gasteiger partial charge is 0.222 e. The summed E-state index contributed by atoms with van der Waals surface area (Å²) >= 11 is 0. The first kappa shape index (κ1) is 27.1. The number of fused-ring (bicyclic) bond motifs is 5. The Kier molecular flexibility index (Phi) is 8.71. The maximum Gasteiger partial charge on any atom is 0.222 e.